The molecule has 222 valence electrons. The molecule has 0 spiro atoms. The zero-order valence-electron chi connectivity index (χ0n) is 24.8. The topological polar surface area (TPSA) is 115 Å². The number of benzene rings is 3. The molecular formula is C33H32N2O8. The maximum absolute atomic E-state index is 13.8. The molecule has 6 rings (SSSR count). The molecule has 1 aliphatic heterocycles. The second-order valence-electron chi connectivity index (χ2n) is 11.0. The van der Waals surface area contributed by atoms with E-state index in [0.717, 1.165) is 16.8 Å². The molecule has 0 aliphatic carbocycles. The largest absolute Gasteiger partial charge is 0.493 e. The number of fused-ring (bicyclic) bond motifs is 7. The molecule has 0 amide bonds. The summed E-state index contributed by atoms with van der Waals surface area (Å²) in [6.45, 7) is 8.19. The number of aromatic nitrogens is 1. The number of nitro groups is 1. The first-order valence-electron chi connectivity index (χ1n) is 14.1. The van der Waals surface area contributed by atoms with Gasteiger partial charge in [0.25, 0.3) is 5.69 Å². The average molecular weight is 585 g/mol. The Bertz CT molecular complexity index is 1970. The summed E-state index contributed by atoms with van der Waals surface area (Å²) in [6.07, 6.45) is 0.430. The summed E-state index contributed by atoms with van der Waals surface area (Å²) >= 11 is 0. The minimum atomic E-state index is -0.517. The van der Waals surface area contributed by atoms with Crippen molar-refractivity contribution in [2.24, 2.45) is 0 Å². The fourth-order valence-corrected chi connectivity index (χ4v) is 5.89. The van der Waals surface area contributed by atoms with Crippen LogP contribution in [0.15, 0.2) is 57.7 Å². The molecule has 2 aromatic heterocycles. The second kappa shape index (κ2) is 10.7. The van der Waals surface area contributed by atoms with Crippen LogP contribution in [0, 0.1) is 10.1 Å². The summed E-state index contributed by atoms with van der Waals surface area (Å²) in [6, 6.07) is 13.8. The van der Waals surface area contributed by atoms with Gasteiger partial charge in [-0.1, -0.05) is 12.1 Å². The van der Waals surface area contributed by atoms with Crippen LogP contribution >= 0.6 is 0 Å². The standard InChI is InChI=1S/C33H32N2O8/c1-17(2)41-27-13-19-10-11-34-31(22(19)14-25(27)39-5)29(20-8-7-9-21(12-20)35(37)38)30-23-15-26(40-6)28(42-18(3)4)16-24(23)43-33(36)32(30)34/h7-9,12-18H,10-11H2,1-6H3. The highest BCUT2D eigenvalue weighted by molar-refractivity contribution is 6.17. The van der Waals surface area contributed by atoms with Crippen molar-refractivity contribution in [3.05, 3.63) is 74.6 Å². The van der Waals surface area contributed by atoms with Crippen molar-refractivity contribution in [3.8, 4) is 45.4 Å². The van der Waals surface area contributed by atoms with E-state index in [1.54, 1.807) is 32.4 Å². The normalized spacial score (nSPS) is 12.5. The summed E-state index contributed by atoms with van der Waals surface area (Å²) in [7, 11) is 3.14. The summed E-state index contributed by atoms with van der Waals surface area (Å²) < 4.78 is 31.3. The third-order valence-corrected chi connectivity index (χ3v) is 7.51. The smallest absolute Gasteiger partial charge is 0.361 e. The lowest BCUT2D eigenvalue weighted by Crippen LogP contribution is -2.15. The summed E-state index contributed by atoms with van der Waals surface area (Å²) in [4.78, 5) is 25.2. The van der Waals surface area contributed by atoms with Crippen molar-refractivity contribution in [1.82, 2.24) is 4.57 Å². The summed E-state index contributed by atoms with van der Waals surface area (Å²) in [5.74, 6) is 2.10. The van der Waals surface area contributed by atoms with E-state index >= 15 is 0 Å². The van der Waals surface area contributed by atoms with Gasteiger partial charge in [-0.3, -0.25) is 10.1 Å². The maximum Gasteiger partial charge on any atom is 0.361 e. The third kappa shape index (κ3) is 4.72. The SMILES string of the molecule is COc1cc2c(cc1OC(C)C)CCn1c-2c(-c2cccc([N+](=O)[O-])c2)c2c3cc(OC)c(OC(C)C)cc3oc(=O)c21. The first kappa shape index (κ1) is 28.1. The molecule has 0 atom stereocenters. The van der Waals surface area contributed by atoms with Gasteiger partial charge in [-0.25, -0.2) is 4.79 Å². The van der Waals surface area contributed by atoms with E-state index in [1.807, 2.05) is 50.5 Å². The van der Waals surface area contributed by atoms with Crippen molar-refractivity contribution in [2.45, 2.75) is 52.9 Å². The van der Waals surface area contributed by atoms with Gasteiger partial charge in [-0.2, -0.15) is 0 Å². The number of aryl methyl sites for hydroxylation is 2. The molecule has 0 saturated carbocycles. The van der Waals surface area contributed by atoms with Gasteiger partial charge in [-0.05, 0) is 63.4 Å². The maximum atomic E-state index is 13.8. The first-order chi connectivity index (χ1) is 20.6. The zero-order chi connectivity index (χ0) is 30.6. The van der Waals surface area contributed by atoms with Gasteiger partial charge >= 0.3 is 5.63 Å². The van der Waals surface area contributed by atoms with Crippen molar-refractivity contribution >= 4 is 27.6 Å². The predicted octanol–water partition coefficient (Wildman–Crippen LogP) is 7.14. The molecule has 0 fully saturated rings. The van der Waals surface area contributed by atoms with Gasteiger partial charge in [0, 0.05) is 46.6 Å². The second-order valence-corrected chi connectivity index (χ2v) is 11.0. The Labute approximate surface area is 247 Å². The Morgan fingerprint density at radius 1 is 0.907 bits per heavy atom. The molecule has 1 aliphatic rings. The first-order valence-corrected chi connectivity index (χ1v) is 14.1. The van der Waals surface area contributed by atoms with Gasteiger partial charge in [0.05, 0.1) is 37.0 Å². The number of hydrogen-bond acceptors (Lipinski definition) is 8. The van der Waals surface area contributed by atoms with Crippen LogP contribution in [-0.2, 0) is 13.0 Å². The lowest BCUT2D eigenvalue weighted by atomic mass is 9.91. The minimum absolute atomic E-state index is 0.0574. The van der Waals surface area contributed by atoms with Crippen LogP contribution in [0.2, 0.25) is 0 Å². The summed E-state index contributed by atoms with van der Waals surface area (Å²) in [5, 5.41) is 13.1. The van der Waals surface area contributed by atoms with Crippen molar-refractivity contribution in [1.29, 1.82) is 0 Å². The van der Waals surface area contributed by atoms with E-state index in [-0.39, 0.29) is 17.9 Å². The fourth-order valence-electron chi connectivity index (χ4n) is 5.89. The molecule has 10 nitrogen and oxygen atoms in total. The number of hydrogen-bond donors (Lipinski definition) is 0. The highest BCUT2D eigenvalue weighted by Gasteiger charge is 2.31. The fraction of sp³-hybridized carbons (Fsp3) is 0.303. The number of nitro benzene ring substituents is 1. The van der Waals surface area contributed by atoms with E-state index < -0.39 is 10.5 Å². The molecule has 3 aromatic carbocycles. The Hall–Kier alpha value is -4.99. The molecule has 0 N–H and O–H groups in total. The van der Waals surface area contributed by atoms with Crippen molar-refractivity contribution in [2.75, 3.05) is 14.2 Å². The Morgan fingerprint density at radius 2 is 1.58 bits per heavy atom. The molecule has 10 heteroatoms. The van der Waals surface area contributed by atoms with E-state index in [4.69, 9.17) is 23.4 Å². The number of rotatable bonds is 8. The predicted molar refractivity (Wildman–Crippen MR) is 164 cm³/mol. The quantitative estimate of drug-likeness (QED) is 0.107. The minimum Gasteiger partial charge on any atom is -0.493 e. The van der Waals surface area contributed by atoms with Crippen LogP contribution in [0.25, 0.3) is 44.3 Å². The molecular weight excluding hydrogens is 552 g/mol. The van der Waals surface area contributed by atoms with Gasteiger partial charge < -0.3 is 27.9 Å². The van der Waals surface area contributed by atoms with E-state index in [1.165, 1.54) is 12.1 Å². The highest BCUT2D eigenvalue weighted by atomic mass is 16.6. The number of nitrogens with zero attached hydrogens (tertiary/aromatic N) is 2. The molecule has 43 heavy (non-hydrogen) atoms. The van der Waals surface area contributed by atoms with Gasteiger partial charge in [0.1, 0.15) is 11.1 Å². The van der Waals surface area contributed by atoms with Crippen LogP contribution in [0.1, 0.15) is 33.3 Å². The Balaban J connectivity index is 1.77. The third-order valence-electron chi connectivity index (χ3n) is 7.51. The van der Waals surface area contributed by atoms with Crippen LogP contribution in [0.4, 0.5) is 5.69 Å². The molecule has 0 unspecified atom stereocenters. The zero-order valence-corrected chi connectivity index (χ0v) is 24.8. The van der Waals surface area contributed by atoms with E-state index in [9.17, 15) is 14.9 Å². The van der Waals surface area contributed by atoms with Crippen LogP contribution in [-0.4, -0.2) is 35.9 Å². The van der Waals surface area contributed by atoms with Crippen LogP contribution < -0.4 is 24.6 Å². The van der Waals surface area contributed by atoms with Crippen LogP contribution in [0.5, 0.6) is 23.0 Å². The lowest BCUT2D eigenvalue weighted by molar-refractivity contribution is -0.384. The number of ether oxygens (including phenoxy) is 4. The molecule has 0 radical (unpaired) electrons. The summed E-state index contributed by atoms with van der Waals surface area (Å²) in [5.41, 5.74) is 3.99. The molecule has 3 heterocycles. The molecule has 0 saturated heterocycles. The van der Waals surface area contributed by atoms with Gasteiger partial charge in [0.2, 0.25) is 0 Å². The van der Waals surface area contributed by atoms with Crippen molar-refractivity contribution in [3.63, 3.8) is 0 Å². The van der Waals surface area contributed by atoms with E-state index in [2.05, 4.69) is 0 Å². The van der Waals surface area contributed by atoms with Crippen LogP contribution in [0.3, 0.4) is 0 Å². The number of methoxy groups -OCH3 is 2. The van der Waals surface area contributed by atoms with Gasteiger partial charge in [-0.15, -0.1) is 0 Å². The van der Waals surface area contributed by atoms with Gasteiger partial charge in [0.15, 0.2) is 23.0 Å². The van der Waals surface area contributed by atoms with E-state index in [0.29, 0.717) is 69.0 Å². The average Bonchev–Trinajstić information content (AvgIpc) is 3.32. The van der Waals surface area contributed by atoms with Crippen molar-refractivity contribution < 1.29 is 28.3 Å². The monoisotopic (exact) mass is 584 g/mol. The lowest BCUT2D eigenvalue weighted by Gasteiger charge is -2.24. The Kier molecular flexibility index (Phi) is 7.00. The highest BCUT2D eigenvalue weighted by Crippen LogP contribution is 2.49. The number of non-ortho nitro benzene ring substituents is 1. The molecule has 0 bridgehead atoms. The Morgan fingerprint density at radius 3 is 2.23 bits per heavy atom. The molecule has 5 aromatic rings.